The Bertz CT molecular complexity index is 561. The third kappa shape index (κ3) is 3.58. The fourth-order valence-electron chi connectivity index (χ4n) is 2.42. The van der Waals surface area contributed by atoms with Gasteiger partial charge in [-0.1, -0.05) is 23.8 Å². The summed E-state index contributed by atoms with van der Waals surface area (Å²) < 4.78 is 0. The number of hydrogen-bond donors (Lipinski definition) is 1. The normalized spacial score (nSPS) is 10.6. The van der Waals surface area contributed by atoms with E-state index in [1.54, 1.807) is 0 Å². The predicted molar refractivity (Wildman–Crippen MR) is 85.0 cm³/mol. The molecule has 0 fully saturated rings. The summed E-state index contributed by atoms with van der Waals surface area (Å²) in [5.74, 6) is 0. The van der Waals surface area contributed by atoms with Crippen molar-refractivity contribution in [2.45, 2.75) is 26.9 Å². The third-order valence-electron chi connectivity index (χ3n) is 3.43. The maximum absolute atomic E-state index is 4.53. The first-order chi connectivity index (χ1) is 9.60. The molecule has 3 heteroatoms. The molecule has 20 heavy (non-hydrogen) atoms. The van der Waals surface area contributed by atoms with Crippen LogP contribution in [0.5, 0.6) is 0 Å². The van der Waals surface area contributed by atoms with Gasteiger partial charge in [0.1, 0.15) is 0 Å². The highest BCUT2D eigenvalue weighted by molar-refractivity contribution is 5.53. The Morgan fingerprint density at radius 2 is 1.95 bits per heavy atom. The van der Waals surface area contributed by atoms with Crippen LogP contribution in [0.15, 0.2) is 36.5 Å². The van der Waals surface area contributed by atoms with Crippen LogP contribution in [0.3, 0.4) is 0 Å². The van der Waals surface area contributed by atoms with E-state index in [1.165, 1.54) is 22.4 Å². The van der Waals surface area contributed by atoms with Gasteiger partial charge in [0, 0.05) is 25.5 Å². The van der Waals surface area contributed by atoms with Crippen molar-refractivity contribution in [1.82, 2.24) is 10.3 Å². The molecule has 0 aliphatic rings. The Morgan fingerprint density at radius 3 is 2.55 bits per heavy atom. The average Bonchev–Trinajstić information content (AvgIpc) is 2.41. The molecule has 0 saturated carbocycles. The van der Waals surface area contributed by atoms with Crippen LogP contribution in [-0.2, 0) is 13.1 Å². The van der Waals surface area contributed by atoms with E-state index in [-0.39, 0.29) is 0 Å². The summed E-state index contributed by atoms with van der Waals surface area (Å²) in [5.41, 5.74) is 6.17. The van der Waals surface area contributed by atoms with Gasteiger partial charge in [0.05, 0.1) is 12.2 Å². The number of nitrogens with zero attached hydrogens (tertiary/aromatic N) is 2. The van der Waals surface area contributed by atoms with E-state index in [0.29, 0.717) is 0 Å². The van der Waals surface area contributed by atoms with E-state index in [0.717, 1.165) is 18.8 Å². The van der Waals surface area contributed by atoms with Crippen LogP contribution >= 0.6 is 0 Å². The van der Waals surface area contributed by atoms with Crippen molar-refractivity contribution in [2.75, 3.05) is 19.0 Å². The summed E-state index contributed by atoms with van der Waals surface area (Å²) in [7, 11) is 4.06. The lowest BCUT2D eigenvalue weighted by atomic mass is 10.1. The molecule has 2 rings (SSSR count). The lowest BCUT2D eigenvalue weighted by Crippen LogP contribution is -2.18. The monoisotopic (exact) mass is 269 g/mol. The Kier molecular flexibility index (Phi) is 4.74. The molecule has 1 aromatic heterocycles. The minimum atomic E-state index is 0.823. The van der Waals surface area contributed by atoms with Crippen LogP contribution in [-0.4, -0.2) is 19.1 Å². The van der Waals surface area contributed by atoms with E-state index in [1.807, 2.05) is 13.2 Å². The smallest absolute Gasteiger partial charge is 0.0598 e. The molecular formula is C17H23N3. The molecule has 0 saturated heterocycles. The predicted octanol–water partition coefficient (Wildman–Crippen LogP) is 3.05. The maximum atomic E-state index is 4.53. The molecule has 3 nitrogen and oxygen atoms in total. The fraction of sp³-hybridized carbons (Fsp3) is 0.353. The summed E-state index contributed by atoms with van der Waals surface area (Å²) in [5, 5.41) is 3.13. The maximum Gasteiger partial charge on any atom is 0.0598 e. The highest BCUT2D eigenvalue weighted by Gasteiger charge is 2.06. The van der Waals surface area contributed by atoms with Gasteiger partial charge in [0.25, 0.3) is 0 Å². The van der Waals surface area contributed by atoms with Crippen molar-refractivity contribution >= 4 is 5.69 Å². The van der Waals surface area contributed by atoms with Crippen molar-refractivity contribution in [2.24, 2.45) is 0 Å². The van der Waals surface area contributed by atoms with Gasteiger partial charge < -0.3 is 10.2 Å². The molecular weight excluding hydrogens is 246 g/mol. The average molecular weight is 269 g/mol. The van der Waals surface area contributed by atoms with Gasteiger partial charge in [-0.15, -0.1) is 0 Å². The topological polar surface area (TPSA) is 28.2 Å². The van der Waals surface area contributed by atoms with Crippen LogP contribution in [0.2, 0.25) is 0 Å². The van der Waals surface area contributed by atoms with Gasteiger partial charge in [0.15, 0.2) is 0 Å². The molecule has 1 aromatic carbocycles. The van der Waals surface area contributed by atoms with Crippen molar-refractivity contribution in [1.29, 1.82) is 0 Å². The zero-order valence-electron chi connectivity index (χ0n) is 12.8. The molecule has 0 aliphatic heterocycles. The molecule has 0 radical (unpaired) electrons. The number of pyridine rings is 1. The molecule has 0 aliphatic carbocycles. The number of aromatic nitrogens is 1. The first-order valence-corrected chi connectivity index (χ1v) is 6.97. The van der Waals surface area contributed by atoms with Crippen LogP contribution < -0.4 is 10.2 Å². The Labute approximate surface area is 121 Å². The Balaban J connectivity index is 2.08. The van der Waals surface area contributed by atoms with Gasteiger partial charge in [-0.2, -0.15) is 0 Å². The number of rotatable bonds is 5. The zero-order chi connectivity index (χ0) is 14.5. The van der Waals surface area contributed by atoms with Crippen LogP contribution in [0.1, 0.15) is 22.4 Å². The van der Waals surface area contributed by atoms with Crippen molar-refractivity contribution in [3.63, 3.8) is 0 Å². The molecule has 0 atom stereocenters. The molecule has 0 bridgehead atoms. The van der Waals surface area contributed by atoms with E-state index in [4.69, 9.17) is 0 Å². The first kappa shape index (κ1) is 14.5. The van der Waals surface area contributed by atoms with Crippen molar-refractivity contribution < 1.29 is 0 Å². The van der Waals surface area contributed by atoms with Gasteiger partial charge in [-0.05, 0) is 44.2 Å². The van der Waals surface area contributed by atoms with E-state index in [9.17, 15) is 0 Å². The lowest BCUT2D eigenvalue weighted by molar-refractivity contribution is 0.805. The summed E-state index contributed by atoms with van der Waals surface area (Å²) in [4.78, 5) is 6.77. The second kappa shape index (κ2) is 6.53. The minimum Gasteiger partial charge on any atom is -0.368 e. The summed E-state index contributed by atoms with van der Waals surface area (Å²) in [6.07, 6.45) is 1.95. The zero-order valence-corrected chi connectivity index (χ0v) is 12.8. The summed E-state index contributed by atoms with van der Waals surface area (Å²) in [6.45, 7) is 5.96. The number of nitrogens with one attached hydrogen (secondary N) is 1. The first-order valence-electron chi connectivity index (χ1n) is 6.97. The summed E-state index contributed by atoms with van der Waals surface area (Å²) in [6, 6.07) is 10.8. The Hall–Kier alpha value is -1.87. The van der Waals surface area contributed by atoms with Crippen molar-refractivity contribution in [3.8, 4) is 0 Å². The number of aryl methyl sites for hydroxylation is 2. The number of hydrogen-bond acceptors (Lipinski definition) is 3. The highest BCUT2D eigenvalue weighted by atomic mass is 15.1. The second-order valence-electron chi connectivity index (χ2n) is 5.33. The highest BCUT2D eigenvalue weighted by Crippen LogP contribution is 2.21. The van der Waals surface area contributed by atoms with Gasteiger partial charge in [-0.25, -0.2) is 0 Å². The third-order valence-corrected chi connectivity index (χ3v) is 3.43. The quantitative estimate of drug-likeness (QED) is 0.904. The van der Waals surface area contributed by atoms with E-state index < -0.39 is 0 Å². The Morgan fingerprint density at radius 1 is 1.15 bits per heavy atom. The van der Waals surface area contributed by atoms with Crippen molar-refractivity contribution in [3.05, 3.63) is 58.9 Å². The molecule has 0 unspecified atom stereocenters. The molecule has 0 spiro atoms. The van der Waals surface area contributed by atoms with Gasteiger partial charge in [0.2, 0.25) is 0 Å². The molecule has 106 valence electrons. The van der Waals surface area contributed by atoms with Gasteiger partial charge in [-0.3, -0.25) is 4.98 Å². The fourth-order valence-corrected chi connectivity index (χ4v) is 2.42. The van der Waals surface area contributed by atoms with Crippen LogP contribution in [0, 0.1) is 13.8 Å². The number of benzene rings is 1. The number of anilines is 1. The van der Waals surface area contributed by atoms with E-state index in [2.05, 4.69) is 66.4 Å². The SMILES string of the molecule is CNCc1ccc(CN(C)c2ccc(C)cc2C)nc1. The minimum absolute atomic E-state index is 0.823. The van der Waals surface area contributed by atoms with Gasteiger partial charge >= 0.3 is 0 Å². The molecule has 0 amide bonds. The summed E-state index contributed by atoms with van der Waals surface area (Å²) >= 11 is 0. The lowest BCUT2D eigenvalue weighted by Gasteiger charge is -2.21. The molecule has 2 aromatic rings. The van der Waals surface area contributed by atoms with Crippen LogP contribution in [0.25, 0.3) is 0 Å². The van der Waals surface area contributed by atoms with E-state index >= 15 is 0 Å². The second-order valence-corrected chi connectivity index (χ2v) is 5.33. The largest absolute Gasteiger partial charge is 0.368 e. The molecule has 1 N–H and O–H groups in total. The van der Waals surface area contributed by atoms with Crippen LogP contribution in [0.4, 0.5) is 5.69 Å². The standard InChI is InChI=1S/C17H23N3/c1-13-5-8-17(14(2)9-13)20(4)12-16-7-6-15(10-18-3)11-19-16/h5-9,11,18H,10,12H2,1-4H3. The molecule has 1 heterocycles.